The fraction of sp³-hybridized carbons (Fsp3) is 0.167. The molecule has 2 heterocycles. The van der Waals surface area contributed by atoms with Gasteiger partial charge >= 0.3 is 13.0 Å². The van der Waals surface area contributed by atoms with E-state index >= 15 is 0 Å². The summed E-state index contributed by atoms with van der Waals surface area (Å²) < 4.78 is 20.2. The lowest BCUT2D eigenvalue weighted by atomic mass is 9.78. The molecular weight excluding hydrogens is 454 g/mol. The first-order valence-electron chi connectivity index (χ1n) is 10.7. The third-order valence-corrected chi connectivity index (χ3v) is 5.86. The molecule has 0 atom stereocenters. The fourth-order valence-electron chi connectivity index (χ4n) is 3.97. The number of fused-ring (bicyclic) bond motifs is 1. The maximum atomic E-state index is 13.5. The van der Waals surface area contributed by atoms with Crippen LogP contribution >= 0.6 is 0 Å². The fourth-order valence-corrected chi connectivity index (χ4v) is 3.97. The Bertz CT molecular complexity index is 1420. The van der Waals surface area contributed by atoms with Crippen LogP contribution in [0.4, 0.5) is 15.8 Å². The smallest absolute Gasteiger partial charge is 0.505 e. The van der Waals surface area contributed by atoms with Crippen LogP contribution in [0.2, 0.25) is 0 Å². The van der Waals surface area contributed by atoms with Gasteiger partial charge in [-0.3, -0.25) is 19.7 Å². The van der Waals surface area contributed by atoms with Gasteiger partial charge in [0.25, 0.3) is 17.7 Å². The predicted octanol–water partition coefficient (Wildman–Crippen LogP) is 2.05. The number of aromatic nitrogens is 1. The standard InChI is InChI=1S/C24H22BFN4O5/c1-12-11-15(9-10-17(12)26)27-22(32)19-13(2)20(30(4)14(19)3)21(31)23(33)29-24-28-18-8-6-5-7-16(18)25(34)35-24/h5-11,34H,1-4H3,(H,27,32)(H,28,29,33). The number of hydrogen-bond acceptors (Lipinski definition) is 6. The molecule has 0 aliphatic carbocycles. The third-order valence-electron chi connectivity index (χ3n) is 5.86. The minimum atomic E-state index is -1.35. The van der Waals surface area contributed by atoms with E-state index in [2.05, 4.69) is 15.6 Å². The maximum Gasteiger partial charge on any atom is 0.564 e. The minimum Gasteiger partial charge on any atom is -0.505 e. The highest BCUT2D eigenvalue weighted by Crippen LogP contribution is 2.24. The van der Waals surface area contributed by atoms with E-state index in [9.17, 15) is 23.8 Å². The number of carbonyl (C=O) groups excluding carboxylic acids is 3. The first kappa shape index (κ1) is 23.9. The van der Waals surface area contributed by atoms with Crippen molar-refractivity contribution >= 4 is 47.6 Å². The zero-order valence-corrected chi connectivity index (χ0v) is 19.5. The number of amides is 2. The van der Waals surface area contributed by atoms with Crippen LogP contribution in [0.1, 0.15) is 37.7 Å². The summed E-state index contributed by atoms with van der Waals surface area (Å²) in [5.74, 6) is -2.85. The van der Waals surface area contributed by atoms with Gasteiger partial charge in [0, 0.05) is 23.9 Å². The van der Waals surface area contributed by atoms with Gasteiger partial charge in [0.2, 0.25) is 0 Å². The Hall–Kier alpha value is -4.25. The van der Waals surface area contributed by atoms with Gasteiger partial charge in [-0.1, -0.05) is 18.2 Å². The number of nitrogens with one attached hydrogen (secondary N) is 2. The van der Waals surface area contributed by atoms with Gasteiger partial charge in [-0.05, 0) is 56.2 Å². The van der Waals surface area contributed by atoms with Crippen molar-refractivity contribution in [3.05, 3.63) is 76.4 Å². The van der Waals surface area contributed by atoms with Crippen molar-refractivity contribution in [1.29, 1.82) is 0 Å². The van der Waals surface area contributed by atoms with E-state index in [1.165, 1.54) is 22.8 Å². The van der Waals surface area contributed by atoms with Crippen molar-refractivity contribution in [3.8, 4) is 0 Å². The highest BCUT2D eigenvalue weighted by molar-refractivity contribution is 6.64. The number of hydrogen-bond donors (Lipinski definition) is 3. The number of rotatable bonds is 4. The summed E-state index contributed by atoms with van der Waals surface area (Å²) in [6, 6.07) is 10.5. The average molecular weight is 476 g/mol. The normalized spacial score (nSPS) is 12.4. The molecule has 9 nitrogen and oxygen atoms in total. The molecular formula is C24H22BFN4O5. The lowest BCUT2D eigenvalue weighted by Gasteiger charge is -2.19. The van der Waals surface area contributed by atoms with Gasteiger partial charge in [0.1, 0.15) is 5.82 Å². The second kappa shape index (κ2) is 9.19. The Labute approximate surface area is 200 Å². The van der Waals surface area contributed by atoms with E-state index in [-0.39, 0.29) is 17.3 Å². The van der Waals surface area contributed by atoms with Crippen molar-refractivity contribution in [1.82, 2.24) is 9.88 Å². The largest absolute Gasteiger partial charge is 0.564 e. The zero-order chi connectivity index (χ0) is 25.4. The molecule has 4 rings (SSSR count). The van der Waals surface area contributed by atoms with Crippen LogP contribution in [0, 0.1) is 26.6 Å². The minimum absolute atomic E-state index is 0.0118. The first-order chi connectivity index (χ1) is 16.6. The van der Waals surface area contributed by atoms with Gasteiger partial charge in [-0.15, -0.1) is 0 Å². The Balaban J connectivity index is 1.57. The highest BCUT2D eigenvalue weighted by Gasteiger charge is 2.32. The number of nitrogens with zero attached hydrogens (tertiary/aromatic N) is 2. The van der Waals surface area contributed by atoms with Crippen LogP contribution in [-0.2, 0) is 16.5 Å². The molecule has 3 N–H and O–H groups in total. The quantitative estimate of drug-likeness (QED) is 0.302. The van der Waals surface area contributed by atoms with Gasteiger partial charge in [0.15, 0.2) is 0 Å². The second-order valence-electron chi connectivity index (χ2n) is 8.14. The van der Waals surface area contributed by atoms with Crippen molar-refractivity contribution in [2.75, 3.05) is 5.32 Å². The predicted molar refractivity (Wildman–Crippen MR) is 129 cm³/mol. The van der Waals surface area contributed by atoms with Crippen molar-refractivity contribution < 1.29 is 28.5 Å². The van der Waals surface area contributed by atoms with Gasteiger partial charge in [-0.25, -0.2) is 4.39 Å². The number of ketones is 1. The van der Waals surface area contributed by atoms with E-state index in [1.54, 1.807) is 52.1 Å². The van der Waals surface area contributed by atoms with E-state index in [0.717, 1.165) is 0 Å². The SMILES string of the molecule is Cc1cc(NC(=O)c2c(C)c(C(=O)C(=O)NC3=Nc4ccccc4B(O)O3)n(C)c2C)ccc1F. The molecule has 1 aromatic heterocycles. The van der Waals surface area contributed by atoms with Gasteiger partial charge in [0.05, 0.1) is 16.9 Å². The van der Waals surface area contributed by atoms with Gasteiger partial charge in [-0.2, -0.15) is 4.99 Å². The molecule has 0 unspecified atom stereocenters. The van der Waals surface area contributed by atoms with Crippen LogP contribution in [0.3, 0.4) is 0 Å². The number of amidine groups is 1. The van der Waals surface area contributed by atoms with Crippen molar-refractivity contribution in [2.45, 2.75) is 20.8 Å². The van der Waals surface area contributed by atoms with E-state index in [4.69, 9.17) is 4.65 Å². The van der Waals surface area contributed by atoms with Crippen molar-refractivity contribution in [2.24, 2.45) is 12.0 Å². The molecule has 0 bridgehead atoms. The summed E-state index contributed by atoms with van der Waals surface area (Å²) in [4.78, 5) is 42.9. The third kappa shape index (κ3) is 4.45. The summed E-state index contributed by atoms with van der Waals surface area (Å²) in [5.41, 5.74) is 2.60. The average Bonchev–Trinajstić information content (AvgIpc) is 3.03. The Morgan fingerprint density at radius 3 is 2.51 bits per heavy atom. The number of benzene rings is 2. The molecule has 0 saturated heterocycles. The summed E-state index contributed by atoms with van der Waals surface area (Å²) in [7, 11) is 0.217. The number of aliphatic imine (C=N–C) groups is 1. The topological polar surface area (TPSA) is 122 Å². The lowest BCUT2D eigenvalue weighted by Crippen LogP contribution is -2.47. The van der Waals surface area contributed by atoms with E-state index in [0.29, 0.717) is 33.7 Å². The Morgan fingerprint density at radius 1 is 1.09 bits per heavy atom. The van der Waals surface area contributed by atoms with Crippen LogP contribution in [-0.4, -0.2) is 40.3 Å². The molecule has 2 aromatic carbocycles. The molecule has 178 valence electrons. The lowest BCUT2D eigenvalue weighted by molar-refractivity contribution is -0.115. The van der Waals surface area contributed by atoms with E-state index < -0.39 is 30.5 Å². The molecule has 1 aliphatic heterocycles. The van der Waals surface area contributed by atoms with Crippen LogP contribution in [0.15, 0.2) is 47.5 Å². The molecule has 2 amide bonds. The summed E-state index contributed by atoms with van der Waals surface area (Å²) in [6.45, 7) is 4.79. The summed E-state index contributed by atoms with van der Waals surface area (Å²) in [6.07, 6.45) is 0. The summed E-state index contributed by atoms with van der Waals surface area (Å²) >= 11 is 0. The maximum absolute atomic E-state index is 13.5. The first-order valence-corrected chi connectivity index (χ1v) is 10.7. The molecule has 1 aliphatic rings. The monoisotopic (exact) mass is 476 g/mol. The number of para-hydroxylation sites is 1. The molecule has 0 saturated carbocycles. The second-order valence-corrected chi connectivity index (χ2v) is 8.14. The number of carbonyl (C=O) groups is 3. The zero-order valence-electron chi connectivity index (χ0n) is 19.5. The number of halogens is 1. The van der Waals surface area contributed by atoms with Crippen LogP contribution in [0.25, 0.3) is 0 Å². The van der Waals surface area contributed by atoms with Gasteiger partial charge < -0.3 is 19.6 Å². The number of Topliss-reactive ketones (excluding diaryl/α,β-unsaturated/α-hetero) is 1. The number of aryl methyl sites for hydroxylation is 1. The van der Waals surface area contributed by atoms with Crippen LogP contribution < -0.4 is 16.1 Å². The Kier molecular flexibility index (Phi) is 6.27. The molecule has 35 heavy (non-hydrogen) atoms. The summed E-state index contributed by atoms with van der Waals surface area (Å²) in [5, 5.41) is 15.1. The molecule has 0 fully saturated rings. The molecule has 0 radical (unpaired) electrons. The highest BCUT2D eigenvalue weighted by atomic mass is 19.1. The molecule has 11 heteroatoms. The number of anilines is 1. The Morgan fingerprint density at radius 2 is 1.80 bits per heavy atom. The molecule has 0 spiro atoms. The van der Waals surface area contributed by atoms with Crippen LogP contribution in [0.5, 0.6) is 0 Å². The van der Waals surface area contributed by atoms with E-state index in [1.807, 2.05) is 0 Å². The van der Waals surface area contributed by atoms with Crippen molar-refractivity contribution in [3.63, 3.8) is 0 Å². The molecule has 3 aromatic rings.